The molecule has 0 spiro atoms. The molecule has 0 atom stereocenters. The maximum Gasteiger partial charge on any atom is 0.427 e. The SMILES string of the molecule is Nc1ccc2oc(=O)n(C(=O)c3cc4ccc(OCc5ccccc5)cc4[nH]3)c2c1. The highest BCUT2D eigenvalue weighted by Crippen LogP contribution is 2.24. The van der Waals surface area contributed by atoms with Crippen molar-refractivity contribution in [2.24, 2.45) is 0 Å². The number of rotatable bonds is 4. The van der Waals surface area contributed by atoms with E-state index in [-0.39, 0.29) is 5.69 Å². The summed E-state index contributed by atoms with van der Waals surface area (Å²) in [5.74, 6) is -0.607. The zero-order chi connectivity index (χ0) is 20.7. The molecule has 30 heavy (non-hydrogen) atoms. The molecule has 7 heteroatoms. The molecule has 0 fully saturated rings. The summed E-state index contributed by atoms with van der Waals surface area (Å²) in [6.45, 7) is 0.441. The standard InChI is InChI=1S/C23H17N3O4/c24-16-7-9-21-20(11-16)26(23(28)30-21)22(27)19-10-15-6-8-17(12-18(15)25-19)29-13-14-4-2-1-3-5-14/h1-12,25H,13,24H2. The number of hydrogen-bond acceptors (Lipinski definition) is 5. The van der Waals surface area contributed by atoms with Crippen LogP contribution in [0.15, 0.2) is 82.0 Å². The summed E-state index contributed by atoms with van der Waals surface area (Å²) in [6, 6.07) is 21.8. The molecule has 0 saturated heterocycles. The van der Waals surface area contributed by atoms with Gasteiger partial charge in [0.05, 0.1) is 0 Å². The number of aromatic amines is 1. The number of anilines is 1. The summed E-state index contributed by atoms with van der Waals surface area (Å²) >= 11 is 0. The number of H-pyrrole nitrogens is 1. The van der Waals surface area contributed by atoms with Crippen molar-refractivity contribution in [1.82, 2.24) is 9.55 Å². The van der Waals surface area contributed by atoms with Crippen LogP contribution in [0, 0.1) is 0 Å². The molecule has 0 aliphatic heterocycles. The smallest absolute Gasteiger partial charge is 0.427 e. The van der Waals surface area contributed by atoms with Crippen molar-refractivity contribution in [1.29, 1.82) is 0 Å². The first-order chi connectivity index (χ1) is 14.6. The van der Waals surface area contributed by atoms with Crippen molar-refractivity contribution in [3.05, 3.63) is 94.6 Å². The van der Waals surface area contributed by atoms with Gasteiger partial charge in [-0.25, -0.2) is 9.36 Å². The minimum atomic E-state index is -0.758. The van der Waals surface area contributed by atoms with Crippen LogP contribution in [0.25, 0.3) is 22.0 Å². The normalized spacial score (nSPS) is 11.2. The minimum absolute atomic E-state index is 0.262. The van der Waals surface area contributed by atoms with Gasteiger partial charge in [-0.05, 0) is 42.0 Å². The number of nitrogens with zero attached hydrogens (tertiary/aromatic N) is 1. The lowest BCUT2D eigenvalue weighted by atomic mass is 10.2. The highest BCUT2D eigenvalue weighted by molar-refractivity contribution is 6.03. The van der Waals surface area contributed by atoms with E-state index in [0.717, 1.165) is 21.0 Å². The fourth-order valence-electron chi connectivity index (χ4n) is 3.40. The molecule has 5 aromatic rings. The quantitative estimate of drug-likeness (QED) is 0.446. The van der Waals surface area contributed by atoms with Gasteiger partial charge in [0.25, 0.3) is 5.91 Å². The molecule has 0 aliphatic rings. The molecule has 2 heterocycles. The van der Waals surface area contributed by atoms with Gasteiger partial charge in [0, 0.05) is 22.7 Å². The maximum absolute atomic E-state index is 13.0. The molecule has 5 rings (SSSR count). The Kier molecular flexibility index (Phi) is 4.14. The Morgan fingerprint density at radius 1 is 1.03 bits per heavy atom. The minimum Gasteiger partial charge on any atom is -0.489 e. The monoisotopic (exact) mass is 399 g/mol. The van der Waals surface area contributed by atoms with Crippen molar-refractivity contribution in [2.45, 2.75) is 6.61 Å². The van der Waals surface area contributed by atoms with E-state index in [4.69, 9.17) is 14.9 Å². The number of benzene rings is 3. The van der Waals surface area contributed by atoms with Gasteiger partial charge in [0.1, 0.15) is 23.6 Å². The highest BCUT2D eigenvalue weighted by atomic mass is 16.5. The van der Waals surface area contributed by atoms with Gasteiger partial charge in [0.15, 0.2) is 5.58 Å². The van der Waals surface area contributed by atoms with Crippen LogP contribution in [0.2, 0.25) is 0 Å². The van der Waals surface area contributed by atoms with Crippen LogP contribution >= 0.6 is 0 Å². The summed E-state index contributed by atoms with van der Waals surface area (Å²) in [7, 11) is 0. The summed E-state index contributed by atoms with van der Waals surface area (Å²) in [5, 5.41) is 0.825. The number of hydrogen-bond donors (Lipinski definition) is 2. The third-order valence-corrected chi connectivity index (χ3v) is 4.88. The van der Waals surface area contributed by atoms with Gasteiger partial charge in [-0.15, -0.1) is 0 Å². The molecule has 3 N–H and O–H groups in total. The van der Waals surface area contributed by atoms with Crippen molar-refractivity contribution in [2.75, 3.05) is 5.73 Å². The van der Waals surface area contributed by atoms with Crippen molar-refractivity contribution in [3.8, 4) is 5.75 Å². The van der Waals surface area contributed by atoms with Crippen LogP contribution < -0.4 is 16.2 Å². The van der Waals surface area contributed by atoms with Gasteiger partial charge in [-0.1, -0.05) is 30.3 Å². The van der Waals surface area contributed by atoms with Crippen LogP contribution in [0.1, 0.15) is 16.1 Å². The Hall–Kier alpha value is -4.26. The summed E-state index contributed by atoms with van der Waals surface area (Å²) in [4.78, 5) is 28.3. The first kappa shape index (κ1) is 17.8. The lowest BCUT2D eigenvalue weighted by molar-refractivity contribution is 0.0952. The van der Waals surface area contributed by atoms with Crippen LogP contribution in [-0.2, 0) is 6.61 Å². The Balaban J connectivity index is 1.47. The third-order valence-electron chi connectivity index (χ3n) is 4.88. The second-order valence-electron chi connectivity index (χ2n) is 6.94. The fourth-order valence-corrected chi connectivity index (χ4v) is 3.40. The van der Waals surface area contributed by atoms with Gasteiger partial charge in [-0.3, -0.25) is 4.79 Å². The summed E-state index contributed by atoms with van der Waals surface area (Å²) in [5.41, 5.74) is 8.91. The number of carbonyl (C=O) groups is 1. The lowest BCUT2D eigenvalue weighted by Gasteiger charge is -2.06. The molecule has 0 unspecified atom stereocenters. The second kappa shape index (κ2) is 6.97. The lowest BCUT2D eigenvalue weighted by Crippen LogP contribution is -2.23. The molecule has 0 aliphatic carbocycles. The van der Waals surface area contributed by atoms with E-state index >= 15 is 0 Å². The van der Waals surface area contributed by atoms with E-state index in [0.29, 0.717) is 29.1 Å². The fraction of sp³-hybridized carbons (Fsp3) is 0.0435. The zero-order valence-corrected chi connectivity index (χ0v) is 15.8. The van der Waals surface area contributed by atoms with E-state index < -0.39 is 11.7 Å². The third kappa shape index (κ3) is 3.12. The Morgan fingerprint density at radius 2 is 1.87 bits per heavy atom. The second-order valence-corrected chi connectivity index (χ2v) is 6.94. The van der Waals surface area contributed by atoms with E-state index in [1.54, 1.807) is 18.2 Å². The number of nitrogens with two attached hydrogens (primary N) is 1. The maximum atomic E-state index is 13.0. The number of nitrogens with one attached hydrogen (secondary N) is 1. The van der Waals surface area contributed by atoms with Crippen molar-refractivity contribution >= 4 is 33.6 Å². The molecular weight excluding hydrogens is 382 g/mol. The van der Waals surface area contributed by atoms with E-state index in [9.17, 15) is 9.59 Å². The predicted molar refractivity (Wildman–Crippen MR) is 114 cm³/mol. The Bertz CT molecular complexity index is 1440. The van der Waals surface area contributed by atoms with Crippen molar-refractivity contribution < 1.29 is 13.9 Å². The number of carbonyl (C=O) groups excluding carboxylic acids is 1. The molecule has 7 nitrogen and oxygen atoms in total. The van der Waals surface area contributed by atoms with Crippen LogP contribution in [0.3, 0.4) is 0 Å². The topological polar surface area (TPSA) is 103 Å². The zero-order valence-electron chi connectivity index (χ0n) is 15.8. The molecule has 0 bridgehead atoms. The first-order valence-corrected chi connectivity index (χ1v) is 9.34. The van der Waals surface area contributed by atoms with Crippen molar-refractivity contribution in [3.63, 3.8) is 0 Å². The number of fused-ring (bicyclic) bond motifs is 2. The molecule has 2 aromatic heterocycles. The average molecular weight is 399 g/mol. The molecule has 0 saturated carbocycles. The summed E-state index contributed by atoms with van der Waals surface area (Å²) in [6.07, 6.45) is 0. The Morgan fingerprint density at radius 3 is 2.70 bits per heavy atom. The predicted octanol–water partition coefficient (Wildman–Crippen LogP) is 3.93. The molecular formula is C23H17N3O4. The molecule has 0 radical (unpaired) electrons. The van der Waals surface area contributed by atoms with Gasteiger partial charge >= 0.3 is 5.76 Å². The van der Waals surface area contributed by atoms with Gasteiger partial charge < -0.3 is 19.9 Å². The molecule has 0 amide bonds. The number of nitrogen functional groups attached to an aromatic ring is 1. The Labute approximate surface area is 170 Å². The van der Waals surface area contributed by atoms with E-state index in [1.807, 2.05) is 48.5 Å². The van der Waals surface area contributed by atoms with Crippen LogP contribution in [0.4, 0.5) is 5.69 Å². The van der Waals surface area contributed by atoms with Crippen LogP contribution in [-0.4, -0.2) is 15.5 Å². The number of ether oxygens (including phenoxy) is 1. The van der Waals surface area contributed by atoms with Gasteiger partial charge in [0.2, 0.25) is 0 Å². The van der Waals surface area contributed by atoms with Gasteiger partial charge in [-0.2, -0.15) is 0 Å². The molecule has 148 valence electrons. The number of aromatic nitrogens is 2. The largest absolute Gasteiger partial charge is 0.489 e. The van der Waals surface area contributed by atoms with E-state index in [1.165, 1.54) is 6.07 Å². The average Bonchev–Trinajstić information content (AvgIpc) is 3.32. The molecule has 3 aromatic carbocycles. The summed E-state index contributed by atoms with van der Waals surface area (Å²) < 4.78 is 12.0. The highest BCUT2D eigenvalue weighted by Gasteiger charge is 2.20. The number of oxazole rings is 1. The first-order valence-electron chi connectivity index (χ1n) is 9.34. The van der Waals surface area contributed by atoms with E-state index in [2.05, 4.69) is 4.98 Å². The van der Waals surface area contributed by atoms with Crippen LogP contribution in [0.5, 0.6) is 5.75 Å².